The molecule has 0 spiro atoms. The number of hydrogen-bond acceptors (Lipinski definition) is 6. The van der Waals surface area contributed by atoms with E-state index in [1.807, 2.05) is 36.5 Å². The van der Waals surface area contributed by atoms with E-state index in [-0.39, 0.29) is 0 Å². The van der Waals surface area contributed by atoms with E-state index in [9.17, 15) is 0 Å². The SMILES string of the molecule is N#CN1N=C(CSc2ccccc2)C=NN1. The first-order valence-electron chi connectivity index (χ1n) is 4.62. The zero-order chi connectivity index (χ0) is 11.2. The molecule has 0 fully saturated rings. The van der Waals surface area contributed by atoms with Crippen LogP contribution < -0.4 is 5.53 Å². The van der Waals surface area contributed by atoms with Crippen molar-refractivity contribution in [1.82, 2.24) is 10.7 Å². The first-order chi connectivity index (χ1) is 7.88. The molecule has 0 aromatic heterocycles. The fourth-order valence-electron chi connectivity index (χ4n) is 1.12. The van der Waals surface area contributed by atoms with Crippen LogP contribution >= 0.6 is 11.8 Å². The molecule has 0 aliphatic carbocycles. The molecule has 6 heteroatoms. The van der Waals surface area contributed by atoms with Gasteiger partial charge in [0.05, 0.1) is 11.9 Å². The molecule has 0 radical (unpaired) electrons. The van der Waals surface area contributed by atoms with Gasteiger partial charge in [0, 0.05) is 10.6 Å². The van der Waals surface area contributed by atoms with Crippen molar-refractivity contribution in [3.63, 3.8) is 0 Å². The largest absolute Gasteiger partial charge is 0.224 e. The van der Waals surface area contributed by atoms with Gasteiger partial charge in [-0.05, 0) is 12.1 Å². The Labute approximate surface area is 97.4 Å². The van der Waals surface area contributed by atoms with Crippen molar-refractivity contribution in [2.24, 2.45) is 10.2 Å². The van der Waals surface area contributed by atoms with E-state index < -0.39 is 0 Å². The molecule has 0 atom stereocenters. The maximum atomic E-state index is 8.62. The highest BCUT2D eigenvalue weighted by Gasteiger charge is 2.06. The lowest BCUT2D eigenvalue weighted by Crippen LogP contribution is -2.31. The fourth-order valence-corrected chi connectivity index (χ4v) is 1.92. The topological polar surface area (TPSA) is 63.8 Å². The average Bonchev–Trinajstić information content (AvgIpc) is 2.38. The van der Waals surface area contributed by atoms with Crippen LogP contribution in [0.1, 0.15) is 0 Å². The van der Waals surface area contributed by atoms with Crippen LogP contribution in [0, 0.1) is 11.5 Å². The number of nitrogens with one attached hydrogen (secondary N) is 1. The molecule has 1 aliphatic heterocycles. The van der Waals surface area contributed by atoms with Crippen LogP contribution in [-0.4, -0.2) is 22.8 Å². The van der Waals surface area contributed by atoms with E-state index in [0.717, 1.165) is 10.8 Å². The molecule has 2 rings (SSSR count). The van der Waals surface area contributed by atoms with Crippen LogP contribution in [0.4, 0.5) is 0 Å². The lowest BCUT2D eigenvalue weighted by Gasteiger charge is -2.13. The Morgan fingerprint density at radius 2 is 2.19 bits per heavy atom. The Kier molecular flexibility index (Phi) is 3.41. The van der Waals surface area contributed by atoms with Crippen LogP contribution in [0.2, 0.25) is 0 Å². The monoisotopic (exact) mass is 231 g/mol. The van der Waals surface area contributed by atoms with Gasteiger partial charge in [0.25, 0.3) is 0 Å². The summed E-state index contributed by atoms with van der Waals surface area (Å²) in [5, 5.41) is 17.5. The maximum absolute atomic E-state index is 8.62. The number of hydrazine groups is 1. The lowest BCUT2D eigenvalue weighted by atomic mass is 10.4. The number of rotatable bonds is 3. The molecule has 0 unspecified atom stereocenters. The van der Waals surface area contributed by atoms with Gasteiger partial charge in [-0.15, -0.1) is 16.9 Å². The van der Waals surface area contributed by atoms with Gasteiger partial charge < -0.3 is 0 Å². The van der Waals surface area contributed by atoms with Gasteiger partial charge in [-0.25, -0.2) is 0 Å². The number of hydrazone groups is 2. The molecule has 1 N–H and O–H groups in total. The third kappa shape index (κ3) is 2.74. The zero-order valence-electron chi connectivity index (χ0n) is 8.37. The van der Waals surface area contributed by atoms with Crippen molar-refractivity contribution in [2.45, 2.75) is 4.90 Å². The third-order valence-corrected chi connectivity index (χ3v) is 2.86. The predicted molar refractivity (Wildman–Crippen MR) is 63.7 cm³/mol. The van der Waals surface area contributed by atoms with Crippen molar-refractivity contribution in [3.05, 3.63) is 30.3 Å². The van der Waals surface area contributed by atoms with Gasteiger partial charge in [-0.2, -0.15) is 15.9 Å². The number of hydrogen-bond donors (Lipinski definition) is 1. The van der Waals surface area contributed by atoms with Gasteiger partial charge in [0.1, 0.15) is 0 Å². The summed E-state index contributed by atoms with van der Waals surface area (Å²) in [6.07, 6.45) is 3.46. The molecule has 16 heavy (non-hydrogen) atoms. The predicted octanol–water partition coefficient (Wildman–Crippen LogP) is 1.42. The van der Waals surface area contributed by atoms with Gasteiger partial charge in [-0.1, -0.05) is 23.3 Å². The minimum absolute atomic E-state index is 0.688. The Balaban J connectivity index is 1.94. The lowest BCUT2D eigenvalue weighted by molar-refractivity contribution is 0.304. The fraction of sp³-hybridized carbons (Fsp3) is 0.100. The van der Waals surface area contributed by atoms with E-state index in [4.69, 9.17) is 5.26 Å². The van der Waals surface area contributed by atoms with Gasteiger partial charge in [0.15, 0.2) is 0 Å². The molecule has 1 aromatic rings. The van der Waals surface area contributed by atoms with Crippen LogP contribution in [0.25, 0.3) is 0 Å². The summed E-state index contributed by atoms with van der Waals surface area (Å²) in [5.74, 6) is 0.688. The molecule has 5 nitrogen and oxygen atoms in total. The summed E-state index contributed by atoms with van der Waals surface area (Å²) in [6.45, 7) is 0. The van der Waals surface area contributed by atoms with Gasteiger partial charge in [0.2, 0.25) is 6.19 Å². The highest BCUT2D eigenvalue weighted by Crippen LogP contribution is 2.17. The normalized spacial score (nSPS) is 13.9. The van der Waals surface area contributed by atoms with Crippen molar-refractivity contribution in [2.75, 3.05) is 5.75 Å². The quantitative estimate of drug-likeness (QED) is 0.631. The summed E-state index contributed by atoms with van der Waals surface area (Å²) in [6, 6.07) is 10.0. The Bertz CT molecular complexity index is 448. The van der Waals surface area contributed by atoms with E-state index in [2.05, 4.69) is 15.7 Å². The summed E-state index contributed by atoms with van der Waals surface area (Å²) in [7, 11) is 0. The molecular weight excluding hydrogens is 222 g/mol. The molecule has 0 saturated heterocycles. The van der Waals surface area contributed by atoms with Crippen molar-refractivity contribution in [1.29, 1.82) is 5.26 Å². The second kappa shape index (κ2) is 5.19. The molecule has 1 aliphatic rings. The standard InChI is InChI=1S/C10H9N5S/c11-8-15-13-9(6-12-14-15)7-16-10-4-2-1-3-5-10/h1-6,14H,7H2. The van der Waals surface area contributed by atoms with Crippen molar-refractivity contribution >= 4 is 23.7 Å². The Hall–Kier alpha value is -2.00. The smallest absolute Gasteiger partial charge is 0.188 e. The molecule has 1 heterocycles. The second-order valence-electron chi connectivity index (χ2n) is 2.96. The molecule has 80 valence electrons. The van der Waals surface area contributed by atoms with E-state index in [1.54, 1.807) is 18.0 Å². The number of nitrogens with zero attached hydrogens (tertiary/aromatic N) is 4. The second-order valence-corrected chi connectivity index (χ2v) is 4.01. The summed E-state index contributed by atoms with van der Waals surface area (Å²) >= 11 is 1.65. The maximum Gasteiger partial charge on any atom is 0.224 e. The summed E-state index contributed by atoms with van der Waals surface area (Å²) < 4.78 is 0. The van der Waals surface area contributed by atoms with Crippen LogP contribution in [0.15, 0.2) is 45.4 Å². The average molecular weight is 231 g/mol. The molecule has 0 amide bonds. The van der Waals surface area contributed by atoms with Crippen LogP contribution in [-0.2, 0) is 0 Å². The van der Waals surface area contributed by atoms with E-state index in [1.165, 1.54) is 4.90 Å². The molecular formula is C10H9N5S. The highest BCUT2D eigenvalue weighted by atomic mass is 32.2. The van der Waals surface area contributed by atoms with Gasteiger partial charge >= 0.3 is 0 Å². The van der Waals surface area contributed by atoms with Crippen molar-refractivity contribution in [3.8, 4) is 6.19 Å². The summed E-state index contributed by atoms with van der Waals surface area (Å²) in [5.41, 5.74) is 3.20. The minimum Gasteiger partial charge on any atom is -0.188 e. The number of nitriles is 1. The first kappa shape index (κ1) is 10.5. The molecule has 0 saturated carbocycles. The van der Waals surface area contributed by atoms with Crippen LogP contribution in [0.5, 0.6) is 0 Å². The zero-order valence-corrected chi connectivity index (χ0v) is 9.18. The molecule has 0 bridgehead atoms. The minimum atomic E-state index is 0.688. The Morgan fingerprint density at radius 3 is 2.94 bits per heavy atom. The summed E-state index contributed by atoms with van der Waals surface area (Å²) in [4.78, 5) is 1.17. The van der Waals surface area contributed by atoms with E-state index in [0.29, 0.717) is 5.75 Å². The first-order valence-corrected chi connectivity index (χ1v) is 5.61. The number of benzene rings is 1. The number of thioether (sulfide) groups is 1. The Morgan fingerprint density at radius 1 is 1.38 bits per heavy atom. The van der Waals surface area contributed by atoms with Crippen LogP contribution in [0.3, 0.4) is 0 Å². The van der Waals surface area contributed by atoms with Gasteiger partial charge in [-0.3, -0.25) is 0 Å². The highest BCUT2D eigenvalue weighted by molar-refractivity contribution is 8.00. The molecule has 1 aromatic carbocycles. The van der Waals surface area contributed by atoms with E-state index >= 15 is 0 Å². The third-order valence-electron chi connectivity index (χ3n) is 1.82. The van der Waals surface area contributed by atoms with Crippen molar-refractivity contribution < 1.29 is 0 Å².